The molecule has 0 aliphatic carbocycles. The third kappa shape index (κ3) is 4.31. The number of hydrogen-bond donors (Lipinski definition) is 1. The molecule has 1 N–H and O–H groups in total. The Kier molecular flexibility index (Phi) is 7.50. The van der Waals surface area contributed by atoms with E-state index in [1.54, 1.807) is 54.6 Å². The Hall–Kier alpha value is -3.91. The van der Waals surface area contributed by atoms with Crippen molar-refractivity contribution >= 4 is 29.0 Å². The summed E-state index contributed by atoms with van der Waals surface area (Å²) in [5.74, 6) is -1.90. The minimum Gasteiger partial charge on any atom is -0.507 e. The number of aliphatic hydroxyl groups excluding tert-OH is 1. The van der Waals surface area contributed by atoms with Crippen molar-refractivity contribution in [2.75, 3.05) is 45.2 Å². The summed E-state index contributed by atoms with van der Waals surface area (Å²) in [6, 6.07) is 13.7. The molecule has 4 rings (SSSR count). The molecule has 1 atom stereocenters. The van der Waals surface area contributed by atoms with E-state index in [1.165, 1.54) is 9.80 Å². The number of ketones is 1. The number of carbonyl (C=O) groups is 3. The van der Waals surface area contributed by atoms with E-state index in [9.17, 15) is 19.5 Å². The predicted molar refractivity (Wildman–Crippen MR) is 142 cm³/mol. The minimum atomic E-state index is -1.76. The molecule has 2 aliphatic rings. The number of fused-ring (bicyclic) bond motifs is 2. The first kappa shape index (κ1) is 26.2. The van der Waals surface area contributed by atoms with Gasteiger partial charge >= 0.3 is 0 Å². The number of likely N-dealkylation sites (tertiary alicyclic amines) is 1. The van der Waals surface area contributed by atoms with Crippen LogP contribution in [-0.4, -0.2) is 72.8 Å². The van der Waals surface area contributed by atoms with Crippen LogP contribution in [0.5, 0.6) is 5.75 Å². The van der Waals surface area contributed by atoms with Gasteiger partial charge in [0, 0.05) is 24.2 Å². The van der Waals surface area contributed by atoms with Crippen LogP contribution in [-0.2, 0) is 19.9 Å². The van der Waals surface area contributed by atoms with Crippen LogP contribution in [0, 0.1) is 0 Å². The van der Waals surface area contributed by atoms with E-state index in [0.717, 1.165) is 6.42 Å². The Labute approximate surface area is 217 Å². The number of nitrogens with zero attached hydrogens (tertiary/aromatic N) is 3. The molecule has 8 heteroatoms. The van der Waals surface area contributed by atoms with Crippen molar-refractivity contribution in [1.82, 2.24) is 9.80 Å². The van der Waals surface area contributed by atoms with Gasteiger partial charge in [-0.1, -0.05) is 31.2 Å². The van der Waals surface area contributed by atoms with Crippen molar-refractivity contribution in [2.24, 2.45) is 0 Å². The normalized spacial score (nSPS) is 20.3. The molecule has 0 saturated carbocycles. The standard InChI is InChI=1S/C29H33N3O5/c1-5-16-31-23-11-8-7-10-22(23)29(28(31)36)24(26(34)27(35)32(29)18-9-17-30(3)4)25(33)20-12-14-21(15-13-20)37-19-6-2/h5,7-8,10-15,33H,1,6,9,16-19H2,2-4H3/t29-/m1/s1. The molecule has 37 heavy (non-hydrogen) atoms. The van der Waals surface area contributed by atoms with Gasteiger partial charge in [-0.15, -0.1) is 6.58 Å². The van der Waals surface area contributed by atoms with E-state index >= 15 is 0 Å². The van der Waals surface area contributed by atoms with Crippen molar-refractivity contribution in [3.05, 3.63) is 77.9 Å². The number of ether oxygens (including phenoxy) is 1. The molecule has 0 aromatic heterocycles. The lowest BCUT2D eigenvalue weighted by Crippen LogP contribution is -2.52. The fraction of sp³-hybridized carbons (Fsp3) is 0.345. The Balaban J connectivity index is 1.92. The molecule has 0 bridgehead atoms. The van der Waals surface area contributed by atoms with Crippen LogP contribution in [0.25, 0.3) is 5.76 Å². The fourth-order valence-corrected chi connectivity index (χ4v) is 5.10. The average Bonchev–Trinajstić information content (AvgIpc) is 3.26. The van der Waals surface area contributed by atoms with Gasteiger partial charge in [-0.25, -0.2) is 0 Å². The summed E-state index contributed by atoms with van der Waals surface area (Å²) in [6.07, 6.45) is 2.99. The lowest BCUT2D eigenvalue weighted by atomic mass is 9.82. The molecule has 2 heterocycles. The van der Waals surface area contributed by atoms with Crippen LogP contribution in [0.1, 0.15) is 30.9 Å². The summed E-state index contributed by atoms with van der Waals surface area (Å²) in [5, 5.41) is 11.5. The number of para-hydroxylation sites is 1. The first-order chi connectivity index (χ1) is 17.8. The summed E-state index contributed by atoms with van der Waals surface area (Å²) in [6.45, 7) is 7.36. The van der Waals surface area contributed by atoms with Crippen molar-refractivity contribution in [3.63, 3.8) is 0 Å². The maximum Gasteiger partial charge on any atom is 0.296 e. The van der Waals surface area contributed by atoms with E-state index in [-0.39, 0.29) is 24.4 Å². The highest BCUT2D eigenvalue weighted by Crippen LogP contribution is 2.53. The molecular formula is C29H33N3O5. The smallest absolute Gasteiger partial charge is 0.296 e. The molecular weight excluding hydrogens is 470 g/mol. The number of Topliss-reactive ketones (excluding diaryl/α,β-unsaturated/α-hetero) is 1. The molecule has 0 radical (unpaired) electrons. The monoisotopic (exact) mass is 503 g/mol. The second-order valence-electron chi connectivity index (χ2n) is 9.47. The van der Waals surface area contributed by atoms with Crippen LogP contribution in [0.15, 0.2) is 66.8 Å². The van der Waals surface area contributed by atoms with Crippen LogP contribution in [0.3, 0.4) is 0 Å². The second-order valence-corrected chi connectivity index (χ2v) is 9.47. The molecule has 8 nitrogen and oxygen atoms in total. The highest BCUT2D eigenvalue weighted by Gasteiger charge is 2.66. The topological polar surface area (TPSA) is 90.4 Å². The molecule has 0 unspecified atom stereocenters. The van der Waals surface area contributed by atoms with Gasteiger partial charge in [0.1, 0.15) is 11.5 Å². The summed E-state index contributed by atoms with van der Waals surface area (Å²) < 4.78 is 5.63. The quantitative estimate of drug-likeness (QED) is 0.231. The predicted octanol–water partition coefficient (Wildman–Crippen LogP) is 3.54. The number of rotatable bonds is 10. The first-order valence-corrected chi connectivity index (χ1v) is 12.5. The third-order valence-corrected chi connectivity index (χ3v) is 6.71. The molecule has 1 spiro atoms. The maximum absolute atomic E-state index is 14.2. The number of carbonyl (C=O) groups excluding carboxylic acids is 3. The summed E-state index contributed by atoms with van der Waals surface area (Å²) in [7, 11) is 3.83. The third-order valence-electron chi connectivity index (χ3n) is 6.71. The van der Waals surface area contributed by atoms with E-state index < -0.39 is 23.1 Å². The van der Waals surface area contributed by atoms with Gasteiger partial charge in [0.25, 0.3) is 17.6 Å². The minimum absolute atomic E-state index is 0.172. The number of benzene rings is 2. The Morgan fingerprint density at radius 2 is 1.81 bits per heavy atom. The van der Waals surface area contributed by atoms with E-state index in [0.29, 0.717) is 42.1 Å². The van der Waals surface area contributed by atoms with Gasteiger partial charge in [-0.3, -0.25) is 14.4 Å². The van der Waals surface area contributed by atoms with E-state index in [1.807, 2.05) is 25.9 Å². The molecule has 2 aromatic carbocycles. The summed E-state index contributed by atoms with van der Waals surface area (Å²) in [5.41, 5.74) is -0.575. The molecule has 2 aliphatic heterocycles. The number of amides is 2. The van der Waals surface area contributed by atoms with Gasteiger partial charge < -0.3 is 24.5 Å². The summed E-state index contributed by atoms with van der Waals surface area (Å²) >= 11 is 0. The lowest BCUT2D eigenvalue weighted by Gasteiger charge is -2.34. The SMILES string of the molecule is C=CCN1C(=O)[C@]2(C(=C(O)c3ccc(OCCC)cc3)C(=O)C(=O)N2CCCN(C)C)c2ccccc21. The van der Waals surface area contributed by atoms with Gasteiger partial charge in [-0.2, -0.15) is 0 Å². The zero-order valence-corrected chi connectivity index (χ0v) is 21.6. The van der Waals surface area contributed by atoms with Crippen molar-refractivity contribution < 1.29 is 24.2 Å². The number of aliphatic hydroxyl groups is 1. The Morgan fingerprint density at radius 1 is 1.11 bits per heavy atom. The van der Waals surface area contributed by atoms with E-state index in [4.69, 9.17) is 4.74 Å². The van der Waals surface area contributed by atoms with E-state index in [2.05, 4.69) is 6.58 Å². The van der Waals surface area contributed by atoms with Gasteiger partial charge in [-0.05, 0) is 63.8 Å². The highest BCUT2D eigenvalue weighted by atomic mass is 16.5. The fourth-order valence-electron chi connectivity index (χ4n) is 5.10. The number of hydrogen-bond acceptors (Lipinski definition) is 6. The molecule has 2 aromatic rings. The highest BCUT2D eigenvalue weighted by molar-refractivity contribution is 6.50. The molecule has 1 fully saturated rings. The van der Waals surface area contributed by atoms with Crippen LogP contribution in [0.4, 0.5) is 5.69 Å². The molecule has 194 valence electrons. The largest absolute Gasteiger partial charge is 0.507 e. The summed E-state index contributed by atoms with van der Waals surface area (Å²) in [4.78, 5) is 46.1. The van der Waals surface area contributed by atoms with Crippen molar-refractivity contribution in [3.8, 4) is 5.75 Å². The van der Waals surface area contributed by atoms with Gasteiger partial charge in [0.2, 0.25) is 0 Å². The van der Waals surface area contributed by atoms with Crippen LogP contribution < -0.4 is 9.64 Å². The van der Waals surface area contributed by atoms with Crippen LogP contribution in [0.2, 0.25) is 0 Å². The first-order valence-electron chi connectivity index (χ1n) is 12.5. The second kappa shape index (κ2) is 10.6. The average molecular weight is 504 g/mol. The van der Waals surface area contributed by atoms with Gasteiger partial charge in [0.15, 0.2) is 5.54 Å². The molecule has 2 amide bonds. The zero-order valence-electron chi connectivity index (χ0n) is 21.6. The Morgan fingerprint density at radius 3 is 2.46 bits per heavy atom. The van der Waals surface area contributed by atoms with Crippen molar-refractivity contribution in [2.45, 2.75) is 25.3 Å². The van der Waals surface area contributed by atoms with Crippen LogP contribution >= 0.6 is 0 Å². The van der Waals surface area contributed by atoms with Gasteiger partial charge in [0.05, 0.1) is 17.9 Å². The number of anilines is 1. The molecule has 1 saturated heterocycles. The lowest BCUT2D eigenvalue weighted by molar-refractivity contribution is -0.143. The van der Waals surface area contributed by atoms with Crippen molar-refractivity contribution in [1.29, 1.82) is 0 Å². The zero-order chi connectivity index (χ0) is 26.7. The maximum atomic E-state index is 14.2. The Bertz CT molecular complexity index is 1250.